The Morgan fingerprint density at radius 3 is 2.70 bits per heavy atom. The number of furan rings is 1. The number of sulfone groups is 1. The molecule has 0 aromatic carbocycles. The lowest BCUT2D eigenvalue weighted by molar-refractivity contribution is 0.231. The van der Waals surface area contributed by atoms with Gasteiger partial charge in [-0.2, -0.15) is 0 Å². The average Bonchev–Trinajstić information content (AvgIpc) is 2.93. The van der Waals surface area contributed by atoms with Crippen LogP contribution in [0.3, 0.4) is 0 Å². The predicted octanol–water partition coefficient (Wildman–Crippen LogP) is 1.40. The Morgan fingerprint density at radius 2 is 2.10 bits per heavy atom. The van der Waals surface area contributed by atoms with Crippen molar-refractivity contribution in [2.24, 2.45) is 0 Å². The minimum Gasteiger partial charge on any atom is -0.463 e. The van der Waals surface area contributed by atoms with Gasteiger partial charge in [0.25, 0.3) is 0 Å². The van der Waals surface area contributed by atoms with Crippen LogP contribution in [0.2, 0.25) is 0 Å². The first kappa shape index (κ1) is 15.5. The maximum atomic E-state index is 11.5. The molecule has 1 saturated heterocycles. The maximum Gasteiger partial charge on any atom is 0.151 e. The van der Waals surface area contributed by atoms with Gasteiger partial charge in [0.05, 0.1) is 24.6 Å². The molecular weight excluding hydrogens is 276 g/mol. The Bertz CT molecular complexity index is 536. The van der Waals surface area contributed by atoms with Gasteiger partial charge in [-0.05, 0) is 25.6 Å². The fourth-order valence-electron chi connectivity index (χ4n) is 2.40. The van der Waals surface area contributed by atoms with Crippen LogP contribution in [0.25, 0.3) is 0 Å². The zero-order chi connectivity index (χ0) is 14.8. The van der Waals surface area contributed by atoms with Crippen molar-refractivity contribution in [1.29, 1.82) is 0 Å². The number of hydrogen-bond acceptors (Lipinski definition) is 5. The molecule has 1 aliphatic heterocycles. The molecule has 0 aliphatic carbocycles. The third kappa shape index (κ3) is 4.33. The monoisotopic (exact) mass is 300 g/mol. The molecule has 114 valence electrons. The zero-order valence-electron chi connectivity index (χ0n) is 12.4. The molecule has 6 heteroatoms. The summed E-state index contributed by atoms with van der Waals surface area (Å²) >= 11 is 0. The highest BCUT2D eigenvalue weighted by Crippen LogP contribution is 2.19. The van der Waals surface area contributed by atoms with Crippen molar-refractivity contribution in [2.45, 2.75) is 45.4 Å². The van der Waals surface area contributed by atoms with Crippen LogP contribution >= 0.6 is 0 Å². The highest BCUT2D eigenvalue weighted by atomic mass is 32.2. The van der Waals surface area contributed by atoms with Crippen LogP contribution < -0.4 is 5.32 Å². The normalized spacial score (nSPS) is 21.9. The second-order valence-corrected chi connectivity index (χ2v) is 8.10. The van der Waals surface area contributed by atoms with Crippen molar-refractivity contribution in [1.82, 2.24) is 10.2 Å². The lowest BCUT2D eigenvalue weighted by atomic mass is 10.2. The van der Waals surface area contributed by atoms with E-state index in [1.165, 1.54) is 0 Å². The molecule has 1 N–H and O–H groups in total. The molecule has 2 rings (SSSR count). The summed E-state index contributed by atoms with van der Waals surface area (Å²) in [6.45, 7) is 5.57. The van der Waals surface area contributed by atoms with Crippen molar-refractivity contribution >= 4 is 9.84 Å². The van der Waals surface area contributed by atoms with E-state index < -0.39 is 9.84 Å². The van der Waals surface area contributed by atoms with Crippen molar-refractivity contribution in [2.75, 3.05) is 18.6 Å². The van der Waals surface area contributed by atoms with Crippen molar-refractivity contribution in [3.63, 3.8) is 0 Å². The molecule has 1 aliphatic rings. The van der Waals surface area contributed by atoms with Crippen molar-refractivity contribution < 1.29 is 12.8 Å². The Labute approximate surface area is 121 Å². The first-order chi connectivity index (χ1) is 9.35. The molecule has 5 nitrogen and oxygen atoms in total. The second-order valence-electron chi connectivity index (χ2n) is 5.88. The molecule has 0 bridgehead atoms. The molecule has 1 unspecified atom stereocenters. The van der Waals surface area contributed by atoms with E-state index in [2.05, 4.69) is 24.1 Å². The molecular formula is C14H24N2O3S. The summed E-state index contributed by atoms with van der Waals surface area (Å²) in [5.74, 6) is 2.38. The van der Waals surface area contributed by atoms with E-state index in [4.69, 9.17) is 4.42 Å². The van der Waals surface area contributed by atoms with Crippen LogP contribution in [0.15, 0.2) is 16.5 Å². The van der Waals surface area contributed by atoms with E-state index in [1.807, 2.05) is 19.2 Å². The lowest BCUT2D eigenvalue weighted by Gasteiger charge is -2.21. The van der Waals surface area contributed by atoms with E-state index in [9.17, 15) is 8.42 Å². The average molecular weight is 300 g/mol. The van der Waals surface area contributed by atoms with E-state index in [1.54, 1.807) is 0 Å². The summed E-state index contributed by atoms with van der Waals surface area (Å²) in [6.07, 6.45) is 0.724. The van der Waals surface area contributed by atoms with E-state index in [-0.39, 0.29) is 11.8 Å². The number of hydrogen-bond donors (Lipinski definition) is 1. The Hall–Kier alpha value is -0.850. The zero-order valence-corrected chi connectivity index (χ0v) is 13.2. The van der Waals surface area contributed by atoms with Crippen LogP contribution in [0, 0.1) is 0 Å². The van der Waals surface area contributed by atoms with Crippen LogP contribution in [-0.2, 0) is 22.9 Å². The number of rotatable bonds is 6. The minimum absolute atomic E-state index is 0.113. The SMILES string of the molecule is CC(C)NCc1ccc(CN(C)C2CCS(=O)(=O)C2)o1. The fraction of sp³-hybridized carbons (Fsp3) is 0.714. The predicted molar refractivity (Wildman–Crippen MR) is 79.2 cm³/mol. The van der Waals surface area contributed by atoms with Gasteiger partial charge >= 0.3 is 0 Å². The van der Waals surface area contributed by atoms with Crippen LogP contribution in [0.5, 0.6) is 0 Å². The van der Waals surface area contributed by atoms with Gasteiger partial charge in [0.2, 0.25) is 0 Å². The first-order valence-electron chi connectivity index (χ1n) is 7.07. The van der Waals surface area contributed by atoms with Crippen molar-refractivity contribution in [3.8, 4) is 0 Å². The van der Waals surface area contributed by atoms with Crippen molar-refractivity contribution in [3.05, 3.63) is 23.7 Å². The van der Waals surface area contributed by atoms with Crippen LogP contribution in [-0.4, -0.2) is 44.0 Å². The smallest absolute Gasteiger partial charge is 0.151 e. The Balaban J connectivity index is 1.87. The fourth-order valence-corrected chi connectivity index (χ4v) is 4.21. The molecule has 0 saturated carbocycles. The molecule has 1 aromatic rings. The van der Waals surface area contributed by atoms with Gasteiger partial charge in [0.1, 0.15) is 11.5 Å². The summed E-state index contributed by atoms with van der Waals surface area (Å²) in [5, 5.41) is 3.31. The largest absolute Gasteiger partial charge is 0.463 e. The van der Waals surface area contributed by atoms with Gasteiger partial charge in [-0.25, -0.2) is 8.42 Å². The topological polar surface area (TPSA) is 62.6 Å². The van der Waals surface area contributed by atoms with E-state index in [0.717, 1.165) is 24.5 Å². The van der Waals surface area contributed by atoms with Gasteiger partial charge in [0.15, 0.2) is 9.84 Å². The number of nitrogens with one attached hydrogen (secondary N) is 1. The molecule has 0 radical (unpaired) electrons. The summed E-state index contributed by atoms with van der Waals surface area (Å²) in [4.78, 5) is 2.07. The van der Waals surface area contributed by atoms with E-state index >= 15 is 0 Å². The van der Waals surface area contributed by atoms with E-state index in [0.29, 0.717) is 18.3 Å². The first-order valence-corrected chi connectivity index (χ1v) is 8.89. The highest BCUT2D eigenvalue weighted by molar-refractivity contribution is 7.91. The van der Waals surface area contributed by atoms with Crippen LogP contribution in [0.1, 0.15) is 31.8 Å². The molecule has 0 spiro atoms. The van der Waals surface area contributed by atoms with Gasteiger partial charge < -0.3 is 9.73 Å². The molecule has 0 amide bonds. The minimum atomic E-state index is -2.83. The molecule has 1 atom stereocenters. The summed E-state index contributed by atoms with van der Waals surface area (Å²) in [7, 11) is -0.870. The summed E-state index contributed by atoms with van der Waals surface area (Å²) in [5.41, 5.74) is 0. The highest BCUT2D eigenvalue weighted by Gasteiger charge is 2.30. The Morgan fingerprint density at radius 1 is 1.40 bits per heavy atom. The quantitative estimate of drug-likeness (QED) is 0.860. The summed E-state index contributed by atoms with van der Waals surface area (Å²) < 4.78 is 28.7. The van der Waals surface area contributed by atoms with Gasteiger partial charge in [-0.1, -0.05) is 13.8 Å². The second kappa shape index (κ2) is 6.28. The molecule has 20 heavy (non-hydrogen) atoms. The maximum absolute atomic E-state index is 11.5. The standard InChI is InChI=1S/C14H24N2O3S/c1-11(2)15-8-13-4-5-14(19-13)9-16(3)12-6-7-20(17,18)10-12/h4-5,11-12,15H,6-10H2,1-3H3. The summed E-state index contributed by atoms with van der Waals surface area (Å²) in [6, 6.07) is 4.48. The van der Waals surface area contributed by atoms with Gasteiger partial charge in [-0.15, -0.1) is 0 Å². The molecule has 1 fully saturated rings. The van der Waals surface area contributed by atoms with Gasteiger partial charge in [0, 0.05) is 12.1 Å². The third-order valence-corrected chi connectivity index (χ3v) is 5.39. The molecule has 2 heterocycles. The van der Waals surface area contributed by atoms with Gasteiger partial charge in [-0.3, -0.25) is 4.90 Å². The lowest BCUT2D eigenvalue weighted by Crippen LogP contribution is -2.31. The molecule has 1 aromatic heterocycles. The number of nitrogens with zero attached hydrogens (tertiary/aromatic N) is 1. The van der Waals surface area contributed by atoms with Crippen LogP contribution in [0.4, 0.5) is 0 Å². The third-order valence-electron chi connectivity index (χ3n) is 3.64. The Kier molecular flexibility index (Phi) is 4.88.